The summed E-state index contributed by atoms with van der Waals surface area (Å²) in [4.78, 5) is 0. The first-order chi connectivity index (χ1) is 7.88. The predicted molar refractivity (Wildman–Crippen MR) is 61.9 cm³/mol. The van der Waals surface area contributed by atoms with Crippen LogP contribution in [0, 0.1) is 11.3 Å². The van der Waals surface area contributed by atoms with Crippen molar-refractivity contribution in [1.29, 1.82) is 5.26 Å². The Balaban J connectivity index is 1.68. The fourth-order valence-corrected chi connectivity index (χ4v) is 1.87. The van der Waals surface area contributed by atoms with E-state index in [4.69, 9.17) is 10.00 Å². The molecular weight excluding hydrogens is 200 g/mol. The molecule has 1 saturated heterocycles. The van der Waals surface area contributed by atoms with Crippen molar-refractivity contribution in [3.63, 3.8) is 0 Å². The Kier molecular flexibility index (Phi) is 3.92. The number of rotatable bonds is 4. The minimum Gasteiger partial charge on any atom is -0.643 e. The maximum atomic E-state index is 8.70. The van der Waals surface area contributed by atoms with E-state index in [1.807, 2.05) is 30.3 Å². The molecule has 0 N–H and O–H groups in total. The summed E-state index contributed by atoms with van der Waals surface area (Å²) < 4.78 is 5.59. The van der Waals surface area contributed by atoms with Gasteiger partial charge in [-0.1, -0.05) is 43.2 Å². The highest BCUT2D eigenvalue weighted by Gasteiger charge is 2.11. The van der Waals surface area contributed by atoms with E-state index < -0.39 is 0 Å². The summed E-state index contributed by atoms with van der Waals surface area (Å²) in [5.74, 6) is 0. The maximum Gasteiger partial charge on any atom is 0.0716 e. The molecule has 2 rings (SSSR count). The van der Waals surface area contributed by atoms with Crippen molar-refractivity contribution in [2.24, 2.45) is 0 Å². The van der Waals surface area contributed by atoms with E-state index in [0.29, 0.717) is 13.2 Å². The average molecular weight is 215 g/mol. The van der Waals surface area contributed by atoms with Crippen molar-refractivity contribution in [1.82, 2.24) is 0 Å². The standard InChI is InChI=1S/C13H15N2O/c14-8-12-6-7-13(15-12)10-16-9-11-4-2-1-3-5-11/h1-5,12-13H,6-7,9-10H2/q-1/t12-,13-/m0/s1. The number of nitriles is 1. The topological polar surface area (TPSA) is 47.1 Å². The van der Waals surface area contributed by atoms with E-state index in [0.717, 1.165) is 12.8 Å². The van der Waals surface area contributed by atoms with Crippen LogP contribution in [0.1, 0.15) is 18.4 Å². The molecule has 0 aromatic heterocycles. The molecule has 16 heavy (non-hydrogen) atoms. The van der Waals surface area contributed by atoms with Gasteiger partial charge in [-0.2, -0.15) is 5.26 Å². The zero-order valence-electron chi connectivity index (χ0n) is 9.17. The average Bonchev–Trinajstić information content (AvgIpc) is 2.78. The van der Waals surface area contributed by atoms with Crippen LogP contribution >= 0.6 is 0 Å². The number of benzene rings is 1. The molecule has 84 valence electrons. The Morgan fingerprint density at radius 1 is 1.31 bits per heavy atom. The van der Waals surface area contributed by atoms with E-state index in [9.17, 15) is 0 Å². The molecule has 1 aliphatic rings. The monoisotopic (exact) mass is 215 g/mol. The van der Waals surface area contributed by atoms with Crippen LogP contribution in [-0.2, 0) is 11.3 Å². The van der Waals surface area contributed by atoms with Gasteiger partial charge in [0.25, 0.3) is 0 Å². The normalized spacial score (nSPS) is 24.2. The van der Waals surface area contributed by atoms with Crippen LogP contribution in [0.15, 0.2) is 30.3 Å². The Morgan fingerprint density at radius 2 is 2.12 bits per heavy atom. The third kappa shape index (κ3) is 3.06. The highest BCUT2D eigenvalue weighted by Crippen LogP contribution is 2.25. The molecule has 0 saturated carbocycles. The fraction of sp³-hybridized carbons (Fsp3) is 0.462. The van der Waals surface area contributed by atoms with Crippen LogP contribution in [0.3, 0.4) is 0 Å². The van der Waals surface area contributed by atoms with Gasteiger partial charge in [-0.3, -0.25) is 0 Å². The molecule has 0 bridgehead atoms. The van der Waals surface area contributed by atoms with Gasteiger partial charge < -0.3 is 10.1 Å². The summed E-state index contributed by atoms with van der Waals surface area (Å²) in [7, 11) is 0. The minimum atomic E-state index is -0.106. The van der Waals surface area contributed by atoms with Crippen LogP contribution < -0.4 is 0 Å². The van der Waals surface area contributed by atoms with Gasteiger partial charge >= 0.3 is 0 Å². The van der Waals surface area contributed by atoms with Gasteiger partial charge in [0, 0.05) is 12.7 Å². The summed E-state index contributed by atoms with van der Waals surface area (Å²) in [5.41, 5.74) is 1.18. The van der Waals surface area contributed by atoms with E-state index in [1.165, 1.54) is 5.56 Å². The molecule has 3 nitrogen and oxygen atoms in total. The summed E-state index contributed by atoms with van der Waals surface area (Å²) in [5, 5.41) is 13.1. The lowest BCUT2D eigenvalue weighted by atomic mass is 10.2. The van der Waals surface area contributed by atoms with Gasteiger partial charge in [-0.05, 0) is 11.6 Å². The van der Waals surface area contributed by atoms with E-state index >= 15 is 0 Å². The molecule has 0 spiro atoms. The van der Waals surface area contributed by atoms with Crippen LogP contribution in [0.25, 0.3) is 5.32 Å². The molecule has 0 amide bonds. The SMILES string of the molecule is N#C[C@@H]1CC[C@@H](COCc2ccccc2)[N-]1. The third-order valence-electron chi connectivity index (χ3n) is 2.73. The molecule has 1 aromatic rings. The van der Waals surface area contributed by atoms with E-state index in [2.05, 4.69) is 11.4 Å². The van der Waals surface area contributed by atoms with Crippen LogP contribution in [0.2, 0.25) is 0 Å². The molecule has 1 aromatic carbocycles. The lowest BCUT2D eigenvalue weighted by molar-refractivity contribution is 0.114. The highest BCUT2D eigenvalue weighted by molar-refractivity contribution is 5.16. The molecule has 1 heterocycles. The zero-order valence-corrected chi connectivity index (χ0v) is 9.17. The smallest absolute Gasteiger partial charge is 0.0716 e. The van der Waals surface area contributed by atoms with Gasteiger partial charge in [0.1, 0.15) is 0 Å². The second-order valence-electron chi connectivity index (χ2n) is 4.03. The lowest BCUT2D eigenvalue weighted by Crippen LogP contribution is -2.11. The molecule has 2 atom stereocenters. The molecule has 0 aliphatic carbocycles. The van der Waals surface area contributed by atoms with Crippen molar-refractivity contribution < 1.29 is 4.74 Å². The van der Waals surface area contributed by atoms with Gasteiger partial charge in [-0.25, -0.2) is 0 Å². The molecule has 1 fully saturated rings. The first-order valence-corrected chi connectivity index (χ1v) is 5.60. The Bertz CT molecular complexity index is 358. The number of ether oxygens (including phenoxy) is 1. The lowest BCUT2D eigenvalue weighted by Gasteiger charge is -2.24. The molecular formula is C13H15N2O-. The quantitative estimate of drug-likeness (QED) is 0.775. The van der Waals surface area contributed by atoms with Gasteiger partial charge in [0.15, 0.2) is 0 Å². The van der Waals surface area contributed by atoms with Gasteiger partial charge in [0.05, 0.1) is 6.61 Å². The number of nitrogens with zero attached hydrogens (tertiary/aromatic N) is 2. The summed E-state index contributed by atoms with van der Waals surface area (Å²) in [6, 6.07) is 12.4. The van der Waals surface area contributed by atoms with Crippen molar-refractivity contribution in [3.8, 4) is 6.07 Å². The Morgan fingerprint density at radius 3 is 2.81 bits per heavy atom. The first kappa shape index (κ1) is 11.1. The van der Waals surface area contributed by atoms with Crippen LogP contribution in [0.4, 0.5) is 0 Å². The second kappa shape index (κ2) is 5.64. The van der Waals surface area contributed by atoms with Crippen molar-refractivity contribution >= 4 is 0 Å². The first-order valence-electron chi connectivity index (χ1n) is 5.60. The van der Waals surface area contributed by atoms with Crippen molar-refractivity contribution in [2.45, 2.75) is 31.5 Å². The number of hydrogen-bond acceptors (Lipinski definition) is 2. The van der Waals surface area contributed by atoms with Crippen LogP contribution in [-0.4, -0.2) is 18.7 Å². The highest BCUT2D eigenvalue weighted by atomic mass is 16.5. The molecule has 1 aliphatic heterocycles. The van der Waals surface area contributed by atoms with Crippen molar-refractivity contribution in [3.05, 3.63) is 41.2 Å². The molecule has 3 heteroatoms. The van der Waals surface area contributed by atoms with Crippen molar-refractivity contribution in [2.75, 3.05) is 6.61 Å². The molecule has 0 unspecified atom stereocenters. The summed E-state index contributed by atoms with van der Waals surface area (Å²) in [6.07, 6.45) is 1.86. The fourth-order valence-electron chi connectivity index (χ4n) is 1.87. The summed E-state index contributed by atoms with van der Waals surface area (Å²) >= 11 is 0. The molecule has 0 radical (unpaired) electrons. The summed E-state index contributed by atoms with van der Waals surface area (Å²) in [6.45, 7) is 1.26. The van der Waals surface area contributed by atoms with E-state index in [1.54, 1.807) is 0 Å². The predicted octanol–water partition coefficient (Wildman–Crippen LogP) is 2.63. The second-order valence-corrected chi connectivity index (χ2v) is 4.03. The largest absolute Gasteiger partial charge is 0.643 e. The van der Waals surface area contributed by atoms with Crippen LogP contribution in [0.5, 0.6) is 0 Å². The van der Waals surface area contributed by atoms with Gasteiger partial charge in [0.2, 0.25) is 0 Å². The minimum absolute atomic E-state index is 0.106. The zero-order chi connectivity index (χ0) is 11.2. The maximum absolute atomic E-state index is 8.70. The number of hydrogen-bond donors (Lipinski definition) is 0. The Labute approximate surface area is 96.0 Å². The van der Waals surface area contributed by atoms with Gasteiger partial charge in [-0.15, -0.1) is 6.04 Å². The Hall–Kier alpha value is -1.37. The third-order valence-corrected chi connectivity index (χ3v) is 2.73. The van der Waals surface area contributed by atoms with E-state index in [-0.39, 0.29) is 12.1 Å².